The lowest BCUT2D eigenvalue weighted by Crippen LogP contribution is -2.36. The van der Waals surface area contributed by atoms with Gasteiger partial charge in [-0.05, 0) is 24.1 Å². The van der Waals surface area contributed by atoms with Crippen LogP contribution in [0.4, 0.5) is 14.5 Å². The smallest absolute Gasteiger partial charge is 0.163 e. The summed E-state index contributed by atoms with van der Waals surface area (Å²) >= 11 is 0. The van der Waals surface area contributed by atoms with Crippen LogP contribution in [0.25, 0.3) is 0 Å². The molecular weight excluding hydrogens is 282 g/mol. The second kappa shape index (κ2) is 7.90. The lowest BCUT2D eigenvalue weighted by atomic mass is 10.0. The average molecular weight is 304 g/mol. The summed E-state index contributed by atoms with van der Waals surface area (Å²) in [5, 5.41) is 6.66. The third-order valence-corrected chi connectivity index (χ3v) is 3.64. The fourth-order valence-electron chi connectivity index (χ4n) is 2.25. The highest BCUT2D eigenvalue weighted by Gasteiger charge is 2.13. The molecule has 22 heavy (non-hydrogen) atoms. The van der Waals surface area contributed by atoms with Crippen molar-refractivity contribution in [3.8, 4) is 0 Å². The number of para-hydroxylation sites is 1. The Morgan fingerprint density at radius 2 is 1.68 bits per heavy atom. The molecule has 4 heteroatoms. The van der Waals surface area contributed by atoms with Crippen LogP contribution in [0.5, 0.6) is 0 Å². The molecule has 0 aliphatic rings. The summed E-state index contributed by atoms with van der Waals surface area (Å²) in [4.78, 5) is 0. The third-order valence-electron chi connectivity index (χ3n) is 3.64. The standard InChI is InChI=1S/C18H22F2N2/c1-13(2)17(22-15-8-4-3-5-9-15)12-21-11-14-7-6-10-16(19)18(14)20/h3-10,13,17,21-22H,11-12H2,1-2H3. The second-order valence-corrected chi connectivity index (χ2v) is 5.70. The molecule has 2 aromatic carbocycles. The first-order valence-electron chi connectivity index (χ1n) is 7.53. The van der Waals surface area contributed by atoms with Crippen LogP contribution in [0.3, 0.4) is 0 Å². The SMILES string of the molecule is CC(C)C(CNCc1cccc(F)c1F)Nc1ccccc1. The summed E-state index contributed by atoms with van der Waals surface area (Å²) in [6, 6.07) is 14.4. The zero-order chi connectivity index (χ0) is 15.9. The zero-order valence-corrected chi connectivity index (χ0v) is 12.9. The van der Waals surface area contributed by atoms with E-state index < -0.39 is 11.6 Å². The Bertz CT molecular complexity index is 585. The van der Waals surface area contributed by atoms with Gasteiger partial charge in [-0.1, -0.05) is 44.2 Å². The Labute approximate surface area is 130 Å². The van der Waals surface area contributed by atoms with Crippen LogP contribution in [0.1, 0.15) is 19.4 Å². The molecule has 0 aliphatic heterocycles. The van der Waals surface area contributed by atoms with E-state index in [9.17, 15) is 8.78 Å². The predicted octanol–water partition coefficient (Wildman–Crippen LogP) is 4.19. The maximum absolute atomic E-state index is 13.6. The molecule has 0 aromatic heterocycles. The van der Waals surface area contributed by atoms with Gasteiger partial charge in [0.2, 0.25) is 0 Å². The van der Waals surface area contributed by atoms with Crippen LogP contribution in [0, 0.1) is 17.6 Å². The van der Waals surface area contributed by atoms with Gasteiger partial charge in [0, 0.05) is 30.4 Å². The van der Waals surface area contributed by atoms with E-state index in [1.165, 1.54) is 6.07 Å². The predicted molar refractivity (Wildman–Crippen MR) is 86.8 cm³/mol. The number of hydrogen-bond donors (Lipinski definition) is 2. The number of nitrogens with one attached hydrogen (secondary N) is 2. The summed E-state index contributed by atoms with van der Waals surface area (Å²) in [6.45, 7) is 5.24. The lowest BCUT2D eigenvalue weighted by molar-refractivity contribution is 0.468. The Morgan fingerprint density at radius 1 is 0.955 bits per heavy atom. The summed E-state index contributed by atoms with van der Waals surface area (Å²) < 4.78 is 26.8. The topological polar surface area (TPSA) is 24.1 Å². The molecule has 1 atom stereocenters. The number of benzene rings is 2. The van der Waals surface area contributed by atoms with Crippen molar-refractivity contribution in [3.05, 3.63) is 65.7 Å². The van der Waals surface area contributed by atoms with E-state index in [0.717, 1.165) is 11.8 Å². The van der Waals surface area contributed by atoms with Crippen LogP contribution < -0.4 is 10.6 Å². The van der Waals surface area contributed by atoms with Crippen molar-refractivity contribution in [2.24, 2.45) is 5.92 Å². The van der Waals surface area contributed by atoms with Gasteiger partial charge in [0.25, 0.3) is 0 Å². The van der Waals surface area contributed by atoms with Crippen molar-refractivity contribution < 1.29 is 8.78 Å². The molecule has 2 N–H and O–H groups in total. The van der Waals surface area contributed by atoms with Gasteiger partial charge in [-0.3, -0.25) is 0 Å². The molecule has 2 nitrogen and oxygen atoms in total. The summed E-state index contributed by atoms with van der Waals surface area (Å²) in [5.41, 5.74) is 1.40. The van der Waals surface area contributed by atoms with Crippen molar-refractivity contribution in [1.82, 2.24) is 5.32 Å². The van der Waals surface area contributed by atoms with Gasteiger partial charge in [0.15, 0.2) is 11.6 Å². The zero-order valence-electron chi connectivity index (χ0n) is 12.9. The molecule has 0 fully saturated rings. The Hall–Kier alpha value is -1.94. The first-order chi connectivity index (χ1) is 10.6. The van der Waals surface area contributed by atoms with Gasteiger partial charge in [-0.2, -0.15) is 0 Å². The molecule has 0 bridgehead atoms. The minimum atomic E-state index is -0.804. The molecule has 2 rings (SSSR count). The number of hydrogen-bond acceptors (Lipinski definition) is 2. The van der Waals surface area contributed by atoms with Gasteiger partial charge in [0.1, 0.15) is 0 Å². The summed E-state index contributed by atoms with van der Waals surface area (Å²) in [5.74, 6) is -1.17. The van der Waals surface area contributed by atoms with E-state index in [1.807, 2.05) is 30.3 Å². The van der Waals surface area contributed by atoms with Crippen molar-refractivity contribution in [3.63, 3.8) is 0 Å². The Kier molecular flexibility index (Phi) is 5.90. The highest BCUT2D eigenvalue weighted by atomic mass is 19.2. The fraction of sp³-hybridized carbons (Fsp3) is 0.333. The van der Waals surface area contributed by atoms with E-state index >= 15 is 0 Å². The third kappa shape index (κ3) is 4.53. The van der Waals surface area contributed by atoms with Crippen LogP contribution >= 0.6 is 0 Å². The first-order valence-corrected chi connectivity index (χ1v) is 7.53. The van der Waals surface area contributed by atoms with Gasteiger partial charge in [-0.25, -0.2) is 8.78 Å². The highest BCUT2D eigenvalue weighted by molar-refractivity contribution is 5.43. The average Bonchev–Trinajstić information content (AvgIpc) is 2.51. The van der Waals surface area contributed by atoms with Crippen LogP contribution in [0.2, 0.25) is 0 Å². The molecule has 0 saturated heterocycles. The monoisotopic (exact) mass is 304 g/mol. The van der Waals surface area contributed by atoms with Crippen molar-refractivity contribution >= 4 is 5.69 Å². The molecule has 0 heterocycles. The summed E-state index contributed by atoms with van der Waals surface area (Å²) in [6.07, 6.45) is 0. The van der Waals surface area contributed by atoms with E-state index in [1.54, 1.807) is 6.07 Å². The van der Waals surface area contributed by atoms with E-state index in [4.69, 9.17) is 0 Å². The maximum atomic E-state index is 13.6. The van der Waals surface area contributed by atoms with Crippen LogP contribution in [0.15, 0.2) is 48.5 Å². The molecule has 1 unspecified atom stereocenters. The molecule has 2 aromatic rings. The maximum Gasteiger partial charge on any atom is 0.163 e. The highest BCUT2D eigenvalue weighted by Crippen LogP contribution is 2.13. The number of halogens is 2. The van der Waals surface area contributed by atoms with E-state index in [2.05, 4.69) is 24.5 Å². The van der Waals surface area contributed by atoms with Gasteiger partial charge in [-0.15, -0.1) is 0 Å². The van der Waals surface area contributed by atoms with Gasteiger partial charge >= 0.3 is 0 Å². The molecule has 118 valence electrons. The van der Waals surface area contributed by atoms with E-state index in [-0.39, 0.29) is 6.04 Å². The molecule has 0 amide bonds. The summed E-state index contributed by atoms with van der Waals surface area (Å²) in [7, 11) is 0. The number of anilines is 1. The second-order valence-electron chi connectivity index (χ2n) is 5.70. The largest absolute Gasteiger partial charge is 0.381 e. The van der Waals surface area contributed by atoms with Crippen LogP contribution in [-0.4, -0.2) is 12.6 Å². The molecule has 0 radical (unpaired) electrons. The first kappa shape index (κ1) is 16.4. The molecular formula is C18H22F2N2. The quantitative estimate of drug-likeness (QED) is 0.801. The van der Waals surface area contributed by atoms with Gasteiger partial charge in [0.05, 0.1) is 0 Å². The minimum absolute atomic E-state index is 0.207. The van der Waals surface area contributed by atoms with Crippen LogP contribution in [-0.2, 0) is 6.54 Å². The van der Waals surface area contributed by atoms with Crippen molar-refractivity contribution in [2.45, 2.75) is 26.4 Å². The molecule has 0 aliphatic carbocycles. The normalized spacial score (nSPS) is 12.4. The van der Waals surface area contributed by atoms with Crippen molar-refractivity contribution in [2.75, 3.05) is 11.9 Å². The fourth-order valence-corrected chi connectivity index (χ4v) is 2.25. The minimum Gasteiger partial charge on any atom is -0.381 e. The Morgan fingerprint density at radius 3 is 2.36 bits per heavy atom. The van der Waals surface area contributed by atoms with Gasteiger partial charge < -0.3 is 10.6 Å². The lowest BCUT2D eigenvalue weighted by Gasteiger charge is -2.24. The van der Waals surface area contributed by atoms with Crippen molar-refractivity contribution in [1.29, 1.82) is 0 Å². The van der Waals surface area contributed by atoms with E-state index in [0.29, 0.717) is 24.6 Å². The molecule has 0 spiro atoms. The number of rotatable bonds is 7. The Balaban J connectivity index is 1.91. The molecule has 0 saturated carbocycles.